The maximum Gasteiger partial charge on any atom is 0.220 e. The molecule has 0 atom stereocenters. The van der Waals surface area contributed by atoms with E-state index in [1.807, 2.05) is 6.07 Å². The van der Waals surface area contributed by atoms with Gasteiger partial charge in [0.2, 0.25) is 5.91 Å². The summed E-state index contributed by atoms with van der Waals surface area (Å²) in [5, 5.41) is 2.90. The average Bonchev–Trinajstić information content (AvgIpc) is 2.52. The first-order chi connectivity index (χ1) is 11.3. The third kappa shape index (κ3) is 5.80. The summed E-state index contributed by atoms with van der Waals surface area (Å²) in [5.74, 6) is -0.205. The zero-order chi connectivity index (χ0) is 17.6. The maximum absolute atomic E-state index is 13.1. The predicted molar refractivity (Wildman–Crippen MR) is 96.6 cm³/mol. The minimum Gasteiger partial charge on any atom is -0.356 e. The van der Waals surface area contributed by atoms with Crippen molar-refractivity contribution in [2.24, 2.45) is 0 Å². The minimum absolute atomic E-state index is 0.0336. The van der Waals surface area contributed by atoms with Gasteiger partial charge in [0, 0.05) is 13.0 Å². The van der Waals surface area contributed by atoms with Gasteiger partial charge in [-0.05, 0) is 47.1 Å². The van der Waals surface area contributed by atoms with E-state index in [1.165, 1.54) is 23.3 Å². The summed E-state index contributed by atoms with van der Waals surface area (Å²) in [4.78, 5) is 11.9. The maximum atomic E-state index is 13.1. The highest BCUT2D eigenvalue weighted by Gasteiger charge is 2.12. The molecule has 24 heavy (non-hydrogen) atoms. The largest absolute Gasteiger partial charge is 0.356 e. The number of aryl methyl sites for hydroxylation is 1. The van der Waals surface area contributed by atoms with Crippen LogP contribution in [0.1, 0.15) is 43.9 Å². The minimum atomic E-state index is -0.238. The standard InChI is InChI=1S/C21H26FNO/c1-21(2,3)18-10-7-16(8-11-18)9-12-20(24)23-14-13-17-5-4-6-19(22)15-17/h4-8,10-11,15H,9,12-14H2,1-3H3,(H,23,24). The van der Waals surface area contributed by atoms with Crippen LogP contribution in [0.25, 0.3) is 0 Å². The fourth-order valence-electron chi connectivity index (χ4n) is 2.56. The van der Waals surface area contributed by atoms with Crippen molar-refractivity contribution >= 4 is 5.91 Å². The van der Waals surface area contributed by atoms with E-state index in [0.29, 0.717) is 19.4 Å². The fraction of sp³-hybridized carbons (Fsp3) is 0.381. The normalized spacial score (nSPS) is 11.3. The highest BCUT2D eigenvalue weighted by molar-refractivity contribution is 5.76. The summed E-state index contributed by atoms with van der Waals surface area (Å²) in [6.07, 6.45) is 1.85. The highest BCUT2D eigenvalue weighted by atomic mass is 19.1. The summed E-state index contributed by atoms with van der Waals surface area (Å²) >= 11 is 0. The van der Waals surface area contributed by atoms with Crippen molar-refractivity contribution in [2.75, 3.05) is 6.54 Å². The lowest BCUT2D eigenvalue weighted by molar-refractivity contribution is -0.121. The molecule has 0 aliphatic rings. The van der Waals surface area contributed by atoms with Gasteiger partial charge in [0.25, 0.3) is 0 Å². The number of hydrogen-bond acceptors (Lipinski definition) is 1. The zero-order valence-corrected chi connectivity index (χ0v) is 14.7. The molecule has 0 aromatic heterocycles. The van der Waals surface area contributed by atoms with Crippen LogP contribution in [-0.2, 0) is 23.1 Å². The van der Waals surface area contributed by atoms with E-state index in [1.54, 1.807) is 6.07 Å². The number of halogens is 1. The zero-order valence-electron chi connectivity index (χ0n) is 14.7. The molecule has 0 bridgehead atoms. The topological polar surface area (TPSA) is 29.1 Å². The molecule has 0 fully saturated rings. The number of nitrogens with one attached hydrogen (secondary N) is 1. The predicted octanol–water partition coefficient (Wildman–Crippen LogP) is 4.41. The summed E-state index contributed by atoms with van der Waals surface area (Å²) in [7, 11) is 0. The lowest BCUT2D eigenvalue weighted by Crippen LogP contribution is -2.25. The van der Waals surface area contributed by atoms with Gasteiger partial charge in [-0.2, -0.15) is 0 Å². The number of hydrogen-bond donors (Lipinski definition) is 1. The second-order valence-electron chi connectivity index (χ2n) is 7.18. The highest BCUT2D eigenvalue weighted by Crippen LogP contribution is 2.22. The van der Waals surface area contributed by atoms with E-state index in [0.717, 1.165) is 12.0 Å². The molecule has 1 amide bonds. The van der Waals surface area contributed by atoms with Crippen LogP contribution in [0.15, 0.2) is 48.5 Å². The Balaban J connectivity index is 1.73. The molecule has 0 aliphatic carbocycles. The Morgan fingerprint density at radius 2 is 1.71 bits per heavy atom. The van der Waals surface area contributed by atoms with Crippen molar-refractivity contribution in [3.8, 4) is 0 Å². The molecule has 2 aromatic carbocycles. The Labute approximate surface area is 144 Å². The van der Waals surface area contributed by atoms with Gasteiger partial charge in [-0.3, -0.25) is 4.79 Å². The van der Waals surface area contributed by atoms with Gasteiger partial charge in [-0.25, -0.2) is 4.39 Å². The van der Waals surface area contributed by atoms with Crippen molar-refractivity contribution in [3.63, 3.8) is 0 Å². The molecule has 0 heterocycles. The lowest BCUT2D eigenvalue weighted by atomic mass is 9.86. The van der Waals surface area contributed by atoms with Crippen LogP contribution in [-0.4, -0.2) is 12.5 Å². The smallest absolute Gasteiger partial charge is 0.220 e. The van der Waals surface area contributed by atoms with Crippen molar-refractivity contribution < 1.29 is 9.18 Å². The van der Waals surface area contributed by atoms with E-state index in [4.69, 9.17) is 0 Å². The van der Waals surface area contributed by atoms with E-state index < -0.39 is 0 Å². The molecule has 0 saturated carbocycles. The van der Waals surface area contributed by atoms with Gasteiger partial charge in [0.05, 0.1) is 0 Å². The van der Waals surface area contributed by atoms with E-state index in [9.17, 15) is 9.18 Å². The molecule has 2 rings (SSSR count). The van der Waals surface area contributed by atoms with Crippen LogP contribution >= 0.6 is 0 Å². The van der Waals surface area contributed by atoms with Crippen LogP contribution in [0.5, 0.6) is 0 Å². The summed E-state index contributed by atoms with van der Waals surface area (Å²) in [6, 6.07) is 14.9. The number of carbonyl (C=O) groups is 1. The molecule has 3 heteroatoms. The van der Waals surface area contributed by atoms with Crippen LogP contribution in [0, 0.1) is 5.82 Å². The van der Waals surface area contributed by atoms with E-state index in [2.05, 4.69) is 50.4 Å². The van der Waals surface area contributed by atoms with Gasteiger partial charge in [-0.15, -0.1) is 0 Å². The molecule has 0 unspecified atom stereocenters. The number of carbonyl (C=O) groups excluding carboxylic acids is 1. The summed E-state index contributed by atoms with van der Waals surface area (Å²) in [5.41, 5.74) is 3.51. The molecule has 2 aromatic rings. The van der Waals surface area contributed by atoms with Crippen LogP contribution in [0.2, 0.25) is 0 Å². The number of rotatable bonds is 6. The first kappa shape index (κ1) is 18.2. The quantitative estimate of drug-likeness (QED) is 0.836. The molecule has 2 nitrogen and oxygen atoms in total. The second kappa shape index (κ2) is 8.09. The Bertz CT molecular complexity index is 671. The number of amides is 1. The molecule has 0 spiro atoms. The van der Waals surface area contributed by atoms with Crippen molar-refractivity contribution in [1.29, 1.82) is 0 Å². The third-order valence-corrected chi connectivity index (χ3v) is 4.09. The lowest BCUT2D eigenvalue weighted by Gasteiger charge is -2.19. The second-order valence-corrected chi connectivity index (χ2v) is 7.18. The van der Waals surface area contributed by atoms with Crippen molar-refractivity contribution in [3.05, 3.63) is 71.0 Å². The SMILES string of the molecule is CC(C)(C)c1ccc(CCC(=O)NCCc2cccc(F)c2)cc1. The Morgan fingerprint density at radius 3 is 2.33 bits per heavy atom. The fourth-order valence-corrected chi connectivity index (χ4v) is 2.56. The summed E-state index contributed by atoms with van der Waals surface area (Å²) < 4.78 is 13.1. The average molecular weight is 327 g/mol. The monoisotopic (exact) mass is 327 g/mol. The Kier molecular flexibility index (Phi) is 6.13. The molecule has 1 N–H and O–H groups in total. The van der Waals surface area contributed by atoms with E-state index >= 15 is 0 Å². The van der Waals surface area contributed by atoms with Crippen LogP contribution in [0.3, 0.4) is 0 Å². The molecule has 0 aliphatic heterocycles. The molecule has 0 saturated heterocycles. The van der Waals surface area contributed by atoms with Gasteiger partial charge < -0.3 is 5.32 Å². The van der Waals surface area contributed by atoms with E-state index in [-0.39, 0.29) is 17.1 Å². The number of benzene rings is 2. The van der Waals surface area contributed by atoms with Gasteiger partial charge in [0.1, 0.15) is 5.82 Å². The summed E-state index contributed by atoms with van der Waals surface area (Å²) in [6.45, 7) is 7.10. The van der Waals surface area contributed by atoms with Crippen LogP contribution in [0.4, 0.5) is 4.39 Å². The van der Waals surface area contributed by atoms with Crippen molar-refractivity contribution in [2.45, 2.75) is 45.4 Å². The Hall–Kier alpha value is -2.16. The third-order valence-electron chi connectivity index (χ3n) is 4.09. The molecular weight excluding hydrogens is 301 g/mol. The first-order valence-corrected chi connectivity index (χ1v) is 8.45. The first-order valence-electron chi connectivity index (χ1n) is 8.45. The van der Waals surface area contributed by atoms with Crippen LogP contribution < -0.4 is 5.32 Å². The molecular formula is C21H26FNO. The Morgan fingerprint density at radius 1 is 1.00 bits per heavy atom. The van der Waals surface area contributed by atoms with Gasteiger partial charge in [-0.1, -0.05) is 57.2 Å². The molecule has 0 radical (unpaired) electrons. The van der Waals surface area contributed by atoms with Gasteiger partial charge in [0.15, 0.2) is 0 Å². The molecule has 128 valence electrons. The van der Waals surface area contributed by atoms with Gasteiger partial charge >= 0.3 is 0 Å². The van der Waals surface area contributed by atoms with Crippen molar-refractivity contribution in [1.82, 2.24) is 5.32 Å².